The summed E-state index contributed by atoms with van der Waals surface area (Å²) in [6, 6.07) is 11.7. The molecule has 106 valence electrons. The average Bonchev–Trinajstić information content (AvgIpc) is 2.86. The van der Waals surface area contributed by atoms with Crippen molar-refractivity contribution in [2.24, 2.45) is 5.73 Å². The number of nitrogens with two attached hydrogens (primary N) is 1. The summed E-state index contributed by atoms with van der Waals surface area (Å²) < 4.78 is 5.68. The van der Waals surface area contributed by atoms with Crippen LogP contribution in [0.4, 0.5) is 5.69 Å². The third kappa shape index (κ3) is 4.35. The highest BCUT2D eigenvalue weighted by molar-refractivity contribution is 7.97. The van der Waals surface area contributed by atoms with Crippen LogP contribution in [0.5, 0.6) is 0 Å². The Morgan fingerprint density at radius 3 is 2.55 bits per heavy atom. The van der Waals surface area contributed by atoms with Crippen molar-refractivity contribution in [1.29, 1.82) is 0 Å². The Morgan fingerprint density at radius 2 is 1.90 bits per heavy atom. The van der Waals surface area contributed by atoms with Gasteiger partial charge in [0.25, 0.3) is 0 Å². The fourth-order valence-corrected chi connectivity index (χ4v) is 2.31. The molecule has 20 heavy (non-hydrogen) atoms. The summed E-state index contributed by atoms with van der Waals surface area (Å²) in [6.45, 7) is 0.642. The van der Waals surface area contributed by atoms with E-state index in [-0.39, 0.29) is 12.3 Å². The third-order valence-corrected chi connectivity index (χ3v) is 3.38. The van der Waals surface area contributed by atoms with E-state index in [1.54, 1.807) is 11.8 Å². The summed E-state index contributed by atoms with van der Waals surface area (Å²) in [5, 5.41) is 3.28. The fourth-order valence-electron chi connectivity index (χ4n) is 1.87. The standard InChI is InChI=1S/C15H18N2O2S/c1-20-10-14-7-6-13(19-14)9-17-12-4-2-11(3-5-12)8-15(16)18/h2-7,17H,8-10H2,1H3,(H2,16,18). The molecule has 0 aliphatic heterocycles. The Labute approximate surface area is 122 Å². The summed E-state index contributed by atoms with van der Waals surface area (Å²) >= 11 is 1.74. The molecular weight excluding hydrogens is 272 g/mol. The monoisotopic (exact) mass is 290 g/mol. The normalized spacial score (nSPS) is 10.4. The summed E-state index contributed by atoms with van der Waals surface area (Å²) in [5.74, 6) is 2.48. The van der Waals surface area contributed by atoms with Crippen molar-refractivity contribution in [3.05, 3.63) is 53.5 Å². The van der Waals surface area contributed by atoms with Crippen molar-refractivity contribution in [1.82, 2.24) is 0 Å². The molecule has 1 aromatic carbocycles. The van der Waals surface area contributed by atoms with Crippen molar-refractivity contribution >= 4 is 23.4 Å². The lowest BCUT2D eigenvalue weighted by atomic mass is 10.1. The maximum absolute atomic E-state index is 10.8. The lowest BCUT2D eigenvalue weighted by molar-refractivity contribution is -0.117. The molecular formula is C15H18N2O2S. The lowest BCUT2D eigenvalue weighted by Gasteiger charge is -2.05. The summed E-state index contributed by atoms with van der Waals surface area (Å²) in [5.41, 5.74) is 7.06. The molecule has 0 aliphatic carbocycles. The molecule has 1 amide bonds. The number of rotatable bonds is 7. The van der Waals surface area contributed by atoms with Gasteiger partial charge in [0.05, 0.1) is 18.7 Å². The Kier molecular flexibility index (Phi) is 5.12. The Balaban J connectivity index is 1.88. The number of hydrogen-bond acceptors (Lipinski definition) is 4. The molecule has 0 saturated carbocycles. The Hall–Kier alpha value is -1.88. The second-order valence-electron chi connectivity index (χ2n) is 4.49. The van der Waals surface area contributed by atoms with Crippen LogP contribution in [-0.4, -0.2) is 12.2 Å². The van der Waals surface area contributed by atoms with E-state index in [1.165, 1.54) is 0 Å². The number of amides is 1. The van der Waals surface area contributed by atoms with E-state index in [9.17, 15) is 4.79 Å². The van der Waals surface area contributed by atoms with Crippen LogP contribution in [0.2, 0.25) is 0 Å². The van der Waals surface area contributed by atoms with Crippen molar-refractivity contribution in [3.63, 3.8) is 0 Å². The number of carbonyl (C=O) groups excluding carboxylic acids is 1. The van der Waals surface area contributed by atoms with Crippen LogP contribution in [0.1, 0.15) is 17.1 Å². The minimum atomic E-state index is -0.317. The predicted molar refractivity (Wildman–Crippen MR) is 82.6 cm³/mol. The molecule has 0 atom stereocenters. The molecule has 1 aromatic heterocycles. The SMILES string of the molecule is CSCc1ccc(CNc2ccc(CC(N)=O)cc2)o1. The maximum Gasteiger partial charge on any atom is 0.221 e. The van der Waals surface area contributed by atoms with Gasteiger partial charge in [-0.05, 0) is 36.1 Å². The molecule has 0 bridgehead atoms. The van der Waals surface area contributed by atoms with Gasteiger partial charge in [-0.1, -0.05) is 12.1 Å². The van der Waals surface area contributed by atoms with Crippen molar-refractivity contribution in [2.75, 3.05) is 11.6 Å². The Morgan fingerprint density at radius 1 is 1.20 bits per heavy atom. The summed E-state index contributed by atoms with van der Waals surface area (Å²) in [7, 11) is 0. The van der Waals surface area contributed by atoms with Gasteiger partial charge in [-0.2, -0.15) is 11.8 Å². The third-order valence-electron chi connectivity index (χ3n) is 2.80. The quantitative estimate of drug-likeness (QED) is 0.822. The second kappa shape index (κ2) is 7.05. The van der Waals surface area contributed by atoms with Gasteiger partial charge >= 0.3 is 0 Å². The van der Waals surface area contributed by atoms with E-state index in [4.69, 9.17) is 10.2 Å². The molecule has 2 aromatic rings. The topological polar surface area (TPSA) is 68.3 Å². The number of hydrogen-bond donors (Lipinski definition) is 2. The van der Waals surface area contributed by atoms with Crippen LogP contribution in [0, 0.1) is 0 Å². The fraction of sp³-hybridized carbons (Fsp3) is 0.267. The van der Waals surface area contributed by atoms with Gasteiger partial charge in [0, 0.05) is 5.69 Å². The number of nitrogens with one attached hydrogen (secondary N) is 1. The second-order valence-corrected chi connectivity index (χ2v) is 5.36. The number of furan rings is 1. The van der Waals surface area contributed by atoms with E-state index >= 15 is 0 Å². The molecule has 0 saturated heterocycles. The number of carbonyl (C=O) groups is 1. The highest BCUT2D eigenvalue weighted by Crippen LogP contribution is 2.16. The largest absolute Gasteiger partial charge is 0.463 e. The molecule has 4 nitrogen and oxygen atoms in total. The molecule has 3 N–H and O–H groups in total. The van der Waals surface area contributed by atoms with E-state index in [2.05, 4.69) is 5.32 Å². The van der Waals surface area contributed by atoms with Gasteiger partial charge in [0.2, 0.25) is 5.91 Å². The minimum absolute atomic E-state index is 0.274. The Bertz CT molecular complexity index is 564. The lowest BCUT2D eigenvalue weighted by Crippen LogP contribution is -2.13. The first-order chi connectivity index (χ1) is 9.67. The van der Waals surface area contributed by atoms with Crippen LogP contribution in [0.25, 0.3) is 0 Å². The zero-order valence-corrected chi connectivity index (χ0v) is 12.2. The van der Waals surface area contributed by atoms with Crippen molar-refractivity contribution in [3.8, 4) is 0 Å². The first kappa shape index (κ1) is 14.5. The zero-order chi connectivity index (χ0) is 14.4. The van der Waals surface area contributed by atoms with E-state index in [0.29, 0.717) is 6.54 Å². The van der Waals surface area contributed by atoms with Crippen LogP contribution in [0.3, 0.4) is 0 Å². The van der Waals surface area contributed by atoms with Crippen LogP contribution >= 0.6 is 11.8 Å². The maximum atomic E-state index is 10.8. The molecule has 0 unspecified atom stereocenters. The summed E-state index contributed by atoms with van der Waals surface area (Å²) in [4.78, 5) is 10.8. The number of benzene rings is 1. The first-order valence-electron chi connectivity index (χ1n) is 6.35. The van der Waals surface area contributed by atoms with Gasteiger partial charge < -0.3 is 15.5 Å². The van der Waals surface area contributed by atoms with Crippen LogP contribution < -0.4 is 11.1 Å². The van der Waals surface area contributed by atoms with Crippen molar-refractivity contribution < 1.29 is 9.21 Å². The van der Waals surface area contributed by atoms with Gasteiger partial charge in [-0.3, -0.25) is 4.79 Å². The molecule has 0 fully saturated rings. The van der Waals surface area contributed by atoms with Crippen LogP contribution in [0.15, 0.2) is 40.8 Å². The highest BCUT2D eigenvalue weighted by atomic mass is 32.2. The number of thioether (sulfide) groups is 1. The van der Waals surface area contributed by atoms with Gasteiger partial charge in [-0.25, -0.2) is 0 Å². The highest BCUT2D eigenvalue weighted by Gasteiger charge is 2.02. The molecule has 0 radical (unpaired) electrons. The zero-order valence-electron chi connectivity index (χ0n) is 11.4. The molecule has 0 spiro atoms. The van der Waals surface area contributed by atoms with Gasteiger partial charge in [0.1, 0.15) is 11.5 Å². The van der Waals surface area contributed by atoms with E-state index < -0.39 is 0 Å². The summed E-state index contributed by atoms with van der Waals surface area (Å²) in [6.07, 6.45) is 2.32. The minimum Gasteiger partial charge on any atom is -0.463 e. The average molecular weight is 290 g/mol. The van der Waals surface area contributed by atoms with Crippen LogP contribution in [-0.2, 0) is 23.5 Å². The number of anilines is 1. The van der Waals surface area contributed by atoms with Gasteiger partial charge in [-0.15, -0.1) is 0 Å². The van der Waals surface area contributed by atoms with Crippen molar-refractivity contribution in [2.45, 2.75) is 18.7 Å². The van der Waals surface area contributed by atoms with E-state index in [1.807, 2.05) is 42.7 Å². The molecule has 2 rings (SSSR count). The van der Waals surface area contributed by atoms with Gasteiger partial charge in [0.15, 0.2) is 0 Å². The molecule has 1 heterocycles. The molecule has 5 heteroatoms. The number of primary amides is 1. The smallest absolute Gasteiger partial charge is 0.221 e. The first-order valence-corrected chi connectivity index (χ1v) is 7.74. The predicted octanol–water partition coefficient (Wildman–Crippen LogP) is 2.78. The van der Waals surface area contributed by atoms with E-state index in [0.717, 1.165) is 28.5 Å². The molecule has 0 aliphatic rings.